The highest BCUT2D eigenvalue weighted by Gasteiger charge is 2.46. The van der Waals surface area contributed by atoms with Crippen molar-refractivity contribution in [2.24, 2.45) is 0 Å². The van der Waals surface area contributed by atoms with Crippen molar-refractivity contribution in [3.63, 3.8) is 0 Å². The van der Waals surface area contributed by atoms with Gasteiger partial charge in [-0.2, -0.15) is 0 Å². The summed E-state index contributed by atoms with van der Waals surface area (Å²) in [6.07, 6.45) is 15.0. The number of nitrogens with one attached hydrogen (secondary N) is 1. The Morgan fingerprint density at radius 3 is 1.53 bits per heavy atom. The number of nitrogens with zero attached hydrogens (tertiary/aromatic N) is 3. The summed E-state index contributed by atoms with van der Waals surface area (Å²) in [7, 11) is 0. The lowest BCUT2D eigenvalue weighted by molar-refractivity contribution is -0.140. The molecule has 4 nitrogen and oxygen atoms in total. The number of rotatable bonds is 23. The van der Waals surface area contributed by atoms with Crippen LogP contribution in [0.4, 0.5) is 0 Å². The van der Waals surface area contributed by atoms with Crippen LogP contribution in [0.25, 0.3) is 0 Å². The van der Waals surface area contributed by atoms with Crippen LogP contribution in [0, 0.1) is 0 Å². The van der Waals surface area contributed by atoms with E-state index in [2.05, 4.69) is 96.2 Å². The molecule has 36 heavy (non-hydrogen) atoms. The Bertz CT molecular complexity index is 495. The molecule has 0 aliphatic carbocycles. The predicted octanol–water partition coefficient (Wildman–Crippen LogP) is 8.51. The van der Waals surface area contributed by atoms with Gasteiger partial charge in [-0.1, -0.05) is 67.2 Å². The molecule has 0 saturated carbocycles. The summed E-state index contributed by atoms with van der Waals surface area (Å²) in [5.41, 5.74) is 0.102. The van der Waals surface area contributed by atoms with Gasteiger partial charge in [0.15, 0.2) is 0 Å². The maximum absolute atomic E-state index is 4.31. The zero-order valence-corrected chi connectivity index (χ0v) is 27.0. The standard InChI is InChI=1S/C32H70N4/c1-12-18-24-34(30(8)17-6)25-22-23-32(33-29(7)16-5,35(26-19-13-2)27-20-14-3)36(28-21-15-4)31(9,10)11/h29-30,33H,12-28H2,1-11H3. The third kappa shape index (κ3) is 12.6. The Labute approximate surface area is 229 Å². The zero-order valence-electron chi connectivity index (χ0n) is 27.0. The molecule has 218 valence electrons. The quantitative estimate of drug-likeness (QED) is 0.139. The molecule has 0 fully saturated rings. The summed E-state index contributed by atoms with van der Waals surface area (Å²) in [6, 6.07) is 1.16. The number of hydrogen-bond acceptors (Lipinski definition) is 4. The molecule has 0 amide bonds. The van der Waals surface area contributed by atoms with Gasteiger partial charge in [-0.15, -0.1) is 0 Å². The molecule has 0 aromatic heterocycles. The van der Waals surface area contributed by atoms with E-state index in [-0.39, 0.29) is 11.3 Å². The van der Waals surface area contributed by atoms with Crippen molar-refractivity contribution in [1.82, 2.24) is 20.0 Å². The van der Waals surface area contributed by atoms with E-state index in [0.717, 1.165) is 6.54 Å². The van der Waals surface area contributed by atoms with E-state index < -0.39 is 0 Å². The van der Waals surface area contributed by atoms with Crippen LogP contribution in [0.5, 0.6) is 0 Å². The first kappa shape index (κ1) is 35.8. The molecule has 0 aliphatic heterocycles. The Kier molecular flexibility index (Phi) is 19.8. The monoisotopic (exact) mass is 511 g/mol. The molecule has 0 heterocycles. The summed E-state index contributed by atoms with van der Waals surface area (Å²) in [5.74, 6) is -0.0981. The molecule has 0 aromatic rings. The van der Waals surface area contributed by atoms with Crippen molar-refractivity contribution < 1.29 is 0 Å². The zero-order chi connectivity index (χ0) is 27.6. The van der Waals surface area contributed by atoms with Crippen LogP contribution >= 0.6 is 0 Å². The van der Waals surface area contributed by atoms with E-state index in [4.69, 9.17) is 0 Å². The smallest absolute Gasteiger partial charge is 0.129 e. The molecular formula is C32H70N4. The van der Waals surface area contributed by atoms with Crippen molar-refractivity contribution in [3.05, 3.63) is 0 Å². The maximum atomic E-state index is 4.31. The normalized spacial score (nSPS) is 16.2. The molecule has 0 aromatic carbocycles. The van der Waals surface area contributed by atoms with Gasteiger partial charge in [-0.25, -0.2) is 0 Å². The Morgan fingerprint density at radius 2 is 1.08 bits per heavy atom. The summed E-state index contributed by atoms with van der Waals surface area (Å²) in [5, 5.41) is 4.31. The largest absolute Gasteiger partial charge is 0.301 e. The lowest BCUT2D eigenvalue weighted by Gasteiger charge is -2.57. The third-order valence-electron chi connectivity index (χ3n) is 8.15. The predicted molar refractivity (Wildman–Crippen MR) is 164 cm³/mol. The molecule has 3 atom stereocenters. The Hall–Kier alpha value is -0.160. The van der Waals surface area contributed by atoms with Gasteiger partial charge in [0.05, 0.1) is 0 Å². The summed E-state index contributed by atoms with van der Waals surface area (Å²) in [4.78, 5) is 8.53. The molecule has 0 spiro atoms. The molecule has 0 bridgehead atoms. The van der Waals surface area contributed by atoms with Crippen molar-refractivity contribution >= 4 is 0 Å². The van der Waals surface area contributed by atoms with E-state index >= 15 is 0 Å². The van der Waals surface area contributed by atoms with Gasteiger partial charge in [0, 0.05) is 37.3 Å². The minimum Gasteiger partial charge on any atom is -0.301 e. The van der Waals surface area contributed by atoms with Crippen LogP contribution in [0.3, 0.4) is 0 Å². The highest BCUT2D eigenvalue weighted by molar-refractivity contribution is 4.96. The molecular weight excluding hydrogens is 440 g/mol. The lowest BCUT2D eigenvalue weighted by atomic mass is 9.95. The Morgan fingerprint density at radius 1 is 0.611 bits per heavy atom. The topological polar surface area (TPSA) is 21.8 Å². The van der Waals surface area contributed by atoms with E-state index in [1.165, 1.54) is 103 Å². The SMILES string of the molecule is CCCCN(CCCC(NC(C)CC)(N(CCCC)CCCC)N(CCCC)C(C)(C)C)C(C)CC. The minimum atomic E-state index is -0.0981. The second kappa shape index (κ2) is 19.8. The third-order valence-corrected chi connectivity index (χ3v) is 8.15. The van der Waals surface area contributed by atoms with Crippen LogP contribution in [0.15, 0.2) is 0 Å². The van der Waals surface area contributed by atoms with Crippen LogP contribution in [-0.2, 0) is 0 Å². The summed E-state index contributed by atoms with van der Waals surface area (Å²) in [6.45, 7) is 32.2. The molecule has 0 rings (SSSR count). The van der Waals surface area contributed by atoms with Gasteiger partial charge in [0.25, 0.3) is 0 Å². The molecule has 4 heteroatoms. The van der Waals surface area contributed by atoms with Crippen LogP contribution < -0.4 is 5.32 Å². The van der Waals surface area contributed by atoms with Gasteiger partial charge in [-0.3, -0.25) is 15.1 Å². The first-order chi connectivity index (χ1) is 17.1. The van der Waals surface area contributed by atoms with Crippen molar-refractivity contribution in [1.29, 1.82) is 0 Å². The summed E-state index contributed by atoms with van der Waals surface area (Å²) >= 11 is 0. The van der Waals surface area contributed by atoms with E-state index in [0.29, 0.717) is 12.1 Å². The van der Waals surface area contributed by atoms with Crippen molar-refractivity contribution in [3.8, 4) is 0 Å². The fourth-order valence-corrected chi connectivity index (χ4v) is 5.47. The Balaban J connectivity index is 6.46. The van der Waals surface area contributed by atoms with Crippen LogP contribution in [0.2, 0.25) is 0 Å². The number of hydrogen-bond donors (Lipinski definition) is 1. The fourth-order valence-electron chi connectivity index (χ4n) is 5.47. The molecule has 0 saturated heterocycles. The fraction of sp³-hybridized carbons (Fsp3) is 1.00. The average Bonchev–Trinajstić information content (AvgIpc) is 2.84. The summed E-state index contributed by atoms with van der Waals surface area (Å²) < 4.78 is 0. The molecule has 0 aliphatic rings. The minimum absolute atomic E-state index is 0.0981. The second-order valence-electron chi connectivity index (χ2n) is 12.4. The van der Waals surface area contributed by atoms with E-state index in [1.54, 1.807) is 0 Å². The van der Waals surface area contributed by atoms with Crippen molar-refractivity contribution in [2.75, 3.05) is 32.7 Å². The highest BCUT2D eigenvalue weighted by Crippen LogP contribution is 2.33. The second-order valence-corrected chi connectivity index (χ2v) is 12.4. The van der Waals surface area contributed by atoms with Gasteiger partial charge < -0.3 is 4.90 Å². The van der Waals surface area contributed by atoms with Gasteiger partial charge in [0.1, 0.15) is 5.79 Å². The highest BCUT2D eigenvalue weighted by atomic mass is 15.5. The lowest BCUT2D eigenvalue weighted by Crippen LogP contribution is -2.74. The van der Waals surface area contributed by atoms with Gasteiger partial charge in [0.2, 0.25) is 0 Å². The van der Waals surface area contributed by atoms with E-state index in [9.17, 15) is 0 Å². The van der Waals surface area contributed by atoms with E-state index in [1.807, 2.05) is 0 Å². The molecule has 3 unspecified atom stereocenters. The van der Waals surface area contributed by atoms with Crippen molar-refractivity contribution in [2.45, 2.75) is 177 Å². The average molecular weight is 511 g/mol. The van der Waals surface area contributed by atoms with Gasteiger partial charge >= 0.3 is 0 Å². The van der Waals surface area contributed by atoms with Crippen LogP contribution in [0.1, 0.15) is 153 Å². The maximum Gasteiger partial charge on any atom is 0.129 e. The molecule has 0 radical (unpaired) electrons. The first-order valence-electron chi connectivity index (χ1n) is 16.1. The van der Waals surface area contributed by atoms with Gasteiger partial charge in [-0.05, 0) is 99.1 Å². The molecule has 1 N–H and O–H groups in total. The number of unbranched alkanes of at least 4 members (excludes halogenated alkanes) is 4. The first-order valence-corrected chi connectivity index (χ1v) is 16.1. The van der Waals surface area contributed by atoms with Crippen LogP contribution in [-0.4, -0.2) is 70.8 Å².